The van der Waals surface area contributed by atoms with Crippen LogP contribution in [0.25, 0.3) is 0 Å². The van der Waals surface area contributed by atoms with E-state index >= 15 is 0 Å². The van der Waals surface area contributed by atoms with Crippen molar-refractivity contribution in [2.75, 3.05) is 20.3 Å². The van der Waals surface area contributed by atoms with Crippen LogP contribution in [0.3, 0.4) is 0 Å². The van der Waals surface area contributed by atoms with Crippen LogP contribution in [0, 0.1) is 5.41 Å². The van der Waals surface area contributed by atoms with Gasteiger partial charge in [-0.15, -0.1) is 0 Å². The highest BCUT2D eigenvalue weighted by Crippen LogP contribution is 2.40. The molecule has 1 heterocycles. The molecule has 0 bridgehead atoms. The molecule has 0 saturated heterocycles. The summed E-state index contributed by atoms with van der Waals surface area (Å²) in [5, 5.41) is 1.92. The van der Waals surface area contributed by atoms with Crippen LogP contribution in [-0.2, 0) is 9.53 Å². The molecule has 9 heteroatoms. The Kier molecular flexibility index (Phi) is 11.9. The van der Waals surface area contributed by atoms with Gasteiger partial charge in [0.05, 0.1) is 19.2 Å². The molecular weight excluding hydrogens is 498 g/mol. The van der Waals surface area contributed by atoms with E-state index < -0.39 is 18.0 Å². The normalized spacial score (nSPS) is 16.0. The molecule has 2 rings (SSSR count). The summed E-state index contributed by atoms with van der Waals surface area (Å²) in [4.78, 5) is 39.2. The molecule has 39 heavy (non-hydrogen) atoms. The topological polar surface area (TPSA) is 130 Å². The van der Waals surface area contributed by atoms with Crippen LogP contribution in [0.5, 0.6) is 11.6 Å². The average molecular weight is 538 g/mol. The van der Waals surface area contributed by atoms with E-state index in [1.54, 1.807) is 6.08 Å². The zero-order valence-corrected chi connectivity index (χ0v) is 23.6. The molecule has 0 saturated carbocycles. The van der Waals surface area contributed by atoms with Crippen molar-refractivity contribution in [1.29, 1.82) is 0 Å². The second-order valence-corrected chi connectivity index (χ2v) is 9.95. The summed E-state index contributed by atoms with van der Waals surface area (Å²) < 4.78 is 15.3. The lowest BCUT2D eigenvalue weighted by atomic mass is 9.72. The zero-order chi connectivity index (χ0) is 29.0. The number of aromatic nitrogens is 1. The van der Waals surface area contributed by atoms with Crippen LogP contribution >= 0.6 is 0 Å². The highest BCUT2D eigenvalue weighted by molar-refractivity contribution is 5.93. The summed E-state index contributed by atoms with van der Waals surface area (Å²) in [5.74, 6) is -1.54. The fraction of sp³-hybridized carbons (Fsp3) is 0.400. The summed E-state index contributed by atoms with van der Waals surface area (Å²) in [6, 6.07) is 1.33. The fourth-order valence-electron chi connectivity index (χ4n) is 4.08. The highest BCUT2D eigenvalue weighted by Gasteiger charge is 2.26. The quantitative estimate of drug-likeness (QED) is 0.302. The standard InChI is InChI=1S/C30H39N3O6/c1-20(12-13-24-22(3)11-8-15-30(24,4)5)9-7-10-21(2)14-16-38-28(35)23-17-25(37-6)27(32-19-23)39-29(36)33-26(34)18-31/h7,9-10,12-14,17,19H,8,11,15-16,18,31H2,1-6H3,(H,33,34,36). The monoisotopic (exact) mass is 537 g/mol. The number of ether oxygens (including phenoxy) is 3. The number of allylic oxidation sites excluding steroid dienone is 9. The van der Waals surface area contributed by atoms with E-state index in [1.807, 2.05) is 30.5 Å². The number of esters is 1. The van der Waals surface area contributed by atoms with Gasteiger partial charge in [-0.1, -0.05) is 60.9 Å². The summed E-state index contributed by atoms with van der Waals surface area (Å²) in [5.41, 5.74) is 10.4. The first-order valence-corrected chi connectivity index (χ1v) is 12.8. The summed E-state index contributed by atoms with van der Waals surface area (Å²) in [7, 11) is 1.32. The Balaban J connectivity index is 1.92. The third-order valence-corrected chi connectivity index (χ3v) is 6.28. The molecule has 1 aromatic rings. The zero-order valence-electron chi connectivity index (χ0n) is 23.6. The summed E-state index contributed by atoms with van der Waals surface area (Å²) >= 11 is 0. The van der Waals surface area contributed by atoms with E-state index in [-0.39, 0.29) is 35.8 Å². The van der Waals surface area contributed by atoms with Crippen molar-refractivity contribution in [3.63, 3.8) is 0 Å². The first-order chi connectivity index (χ1) is 18.5. The Morgan fingerprint density at radius 2 is 1.92 bits per heavy atom. The van der Waals surface area contributed by atoms with Crippen molar-refractivity contribution in [3.8, 4) is 11.6 Å². The number of nitrogens with two attached hydrogens (primary N) is 1. The Hall–Kier alpha value is -3.98. The van der Waals surface area contributed by atoms with Crippen molar-refractivity contribution in [3.05, 3.63) is 76.6 Å². The molecule has 210 valence electrons. The van der Waals surface area contributed by atoms with E-state index in [9.17, 15) is 14.4 Å². The van der Waals surface area contributed by atoms with Gasteiger partial charge in [-0.25, -0.2) is 14.6 Å². The van der Waals surface area contributed by atoms with Gasteiger partial charge in [0.25, 0.3) is 5.88 Å². The lowest BCUT2D eigenvalue weighted by Crippen LogP contribution is -2.37. The van der Waals surface area contributed by atoms with Gasteiger partial charge in [0, 0.05) is 12.3 Å². The minimum Gasteiger partial charge on any atom is -0.491 e. The Bertz CT molecular complexity index is 1220. The minimum absolute atomic E-state index is 0.0177. The number of methoxy groups -OCH3 is 1. The van der Waals surface area contributed by atoms with Gasteiger partial charge in [-0.3, -0.25) is 10.1 Å². The van der Waals surface area contributed by atoms with Crippen molar-refractivity contribution >= 4 is 18.0 Å². The smallest absolute Gasteiger partial charge is 0.420 e. The molecule has 1 aliphatic rings. The fourth-order valence-corrected chi connectivity index (χ4v) is 4.08. The summed E-state index contributed by atoms with van der Waals surface area (Å²) in [6.07, 6.45) is 15.9. The van der Waals surface area contributed by atoms with Gasteiger partial charge >= 0.3 is 12.1 Å². The number of hydrogen-bond donors (Lipinski definition) is 2. The van der Waals surface area contributed by atoms with Crippen molar-refractivity contribution in [2.24, 2.45) is 11.1 Å². The number of nitrogens with one attached hydrogen (secondary N) is 1. The van der Waals surface area contributed by atoms with Crippen LogP contribution in [0.2, 0.25) is 0 Å². The molecule has 0 aliphatic heterocycles. The van der Waals surface area contributed by atoms with Crippen molar-refractivity contribution in [1.82, 2.24) is 10.3 Å². The molecule has 0 unspecified atom stereocenters. The van der Waals surface area contributed by atoms with Gasteiger partial charge in [-0.2, -0.15) is 0 Å². The average Bonchev–Trinajstić information content (AvgIpc) is 2.87. The van der Waals surface area contributed by atoms with Crippen molar-refractivity contribution < 1.29 is 28.6 Å². The number of carbonyl (C=O) groups excluding carboxylic acids is 3. The highest BCUT2D eigenvalue weighted by atomic mass is 16.6. The van der Waals surface area contributed by atoms with Crippen molar-refractivity contribution in [2.45, 2.75) is 53.9 Å². The van der Waals surface area contributed by atoms with Gasteiger partial charge < -0.3 is 19.9 Å². The van der Waals surface area contributed by atoms with Gasteiger partial charge in [-0.05, 0) is 57.1 Å². The number of amides is 2. The maximum atomic E-state index is 12.4. The molecule has 9 nitrogen and oxygen atoms in total. The molecular formula is C30H39N3O6. The SMILES string of the molecule is COc1cc(C(=O)OCC=C(C)C=CC=C(C)C=CC2=C(C)CCCC2(C)C)cnc1OC(=O)NC(=O)CN. The molecule has 1 aromatic heterocycles. The molecule has 0 fully saturated rings. The third-order valence-electron chi connectivity index (χ3n) is 6.28. The van der Waals surface area contributed by atoms with Crippen LogP contribution in [0.4, 0.5) is 4.79 Å². The second-order valence-electron chi connectivity index (χ2n) is 9.95. The number of carbonyl (C=O) groups is 3. The Labute approximate surface area is 230 Å². The molecule has 0 aromatic carbocycles. The lowest BCUT2D eigenvalue weighted by molar-refractivity contribution is -0.118. The van der Waals surface area contributed by atoms with Gasteiger partial charge in [0.15, 0.2) is 5.75 Å². The molecule has 3 N–H and O–H groups in total. The number of hydrogen-bond acceptors (Lipinski definition) is 8. The van der Waals surface area contributed by atoms with Gasteiger partial charge in [0.2, 0.25) is 5.91 Å². The molecule has 0 radical (unpaired) electrons. The largest absolute Gasteiger partial charge is 0.491 e. The van der Waals surface area contributed by atoms with Crippen LogP contribution in [-0.4, -0.2) is 43.2 Å². The Morgan fingerprint density at radius 3 is 2.59 bits per heavy atom. The van der Waals surface area contributed by atoms with Crippen LogP contribution < -0.4 is 20.5 Å². The lowest BCUT2D eigenvalue weighted by Gasteiger charge is -2.32. The maximum Gasteiger partial charge on any atom is 0.420 e. The summed E-state index contributed by atoms with van der Waals surface area (Å²) in [6.45, 7) is 10.5. The Morgan fingerprint density at radius 1 is 1.18 bits per heavy atom. The third kappa shape index (κ3) is 10.0. The second kappa shape index (κ2) is 14.8. The molecule has 2 amide bonds. The minimum atomic E-state index is -1.07. The number of nitrogens with zero attached hydrogens (tertiary/aromatic N) is 1. The van der Waals surface area contributed by atoms with E-state index in [1.165, 1.54) is 49.8 Å². The predicted octanol–water partition coefficient (Wildman–Crippen LogP) is 5.35. The molecule has 1 aliphatic carbocycles. The van der Waals surface area contributed by atoms with E-state index in [0.29, 0.717) is 0 Å². The molecule has 0 spiro atoms. The number of rotatable bonds is 10. The maximum absolute atomic E-state index is 12.4. The van der Waals surface area contributed by atoms with Gasteiger partial charge in [0.1, 0.15) is 6.61 Å². The van der Waals surface area contributed by atoms with E-state index in [0.717, 1.165) is 11.1 Å². The number of pyridine rings is 1. The first-order valence-electron chi connectivity index (χ1n) is 12.8. The first kappa shape index (κ1) is 31.2. The van der Waals surface area contributed by atoms with E-state index in [2.05, 4.69) is 44.8 Å². The number of imide groups is 1. The van der Waals surface area contributed by atoms with Crippen LogP contribution in [0.1, 0.15) is 64.2 Å². The predicted molar refractivity (Wildman–Crippen MR) is 150 cm³/mol. The van der Waals surface area contributed by atoms with Crippen LogP contribution in [0.15, 0.2) is 71.0 Å². The molecule has 0 atom stereocenters. The van der Waals surface area contributed by atoms with E-state index in [4.69, 9.17) is 19.9 Å².